The van der Waals surface area contributed by atoms with Gasteiger partial charge in [-0.2, -0.15) is 0 Å². The van der Waals surface area contributed by atoms with E-state index in [-0.39, 0.29) is 30.1 Å². The van der Waals surface area contributed by atoms with Gasteiger partial charge in [0.05, 0.1) is 10.6 Å². The van der Waals surface area contributed by atoms with Crippen molar-refractivity contribution < 1.29 is 14.0 Å². The first-order valence-electron chi connectivity index (χ1n) is 8.16. The van der Waals surface area contributed by atoms with Crippen molar-refractivity contribution in [2.45, 2.75) is 31.7 Å². The molecule has 4 nitrogen and oxygen atoms in total. The Bertz CT molecular complexity index is 789. The van der Waals surface area contributed by atoms with Crippen LogP contribution in [0, 0.1) is 5.82 Å². The van der Waals surface area contributed by atoms with E-state index in [1.54, 1.807) is 30.3 Å². The molecule has 1 aliphatic rings. The van der Waals surface area contributed by atoms with E-state index in [0.717, 1.165) is 18.4 Å². The number of benzene rings is 2. The van der Waals surface area contributed by atoms with Gasteiger partial charge in [-0.1, -0.05) is 23.7 Å². The first kappa shape index (κ1) is 17.4. The second-order valence-corrected chi connectivity index (χ2v) is 6.52. The largest absolute Gasteiger partial charge is 0.349 e. The minimum absolute atomic E-state index is 0.180. The van der Waals surface area contributed by atoms with Crippen molar-refractivity contribution >= 4 is 29.1 Å². The molecule has 3 rings (SSSR count). The second kappa shape index (κ2) is 7.66. The lowest BCUT2D eigenvalue weighted by atomic mass is 10.1. The Morgan fingerprint density at radius 2 is 1.84 bits per heavy atom. The molecule has 2 aromatic carbocycles. The third-order valence-corrected chi connectivity index (χ3v) is 4.29. The number of anilines is 1. The van der Waals surface area contributed by atoms with Gasteiger partial charge in [0, 0.05) is 18.2 Å². The highest BCUT2D eigenvalue weighted by atomic mass is 35.5. The molecular formula is C19H18ClFN2O2. The van der Waals surface area contributed by atoms with Crippen LogP contribution < -0.4 is 10.6 Å². The second-order valence-electron chi connectivity index (χ2n) is 6.12. The maximum atomic E-state index is 12.9. The summed E-state index contributed by atoms with van der Waals surface area (Å²) < 4.78 is 12.9. The molecule has 0 radical (unpaired) electrons. The first-order valence-corrected chi connectivity index (χ1v) is 8.54. The Kier molecular flexibility index (Phi) is 5.34. The third kappa shape index (κ3) is 5.03. The summed E-state index contributed by atoms with van der Waals surface area (Å²) in [5.74, 6) is -0.707. The van der Waals surface area contributed by atoms with Crippen molar-refractivity contribution in [2.24, 2.45) is 0 Å². The van der Waals surface area contributed by atoms with Crippen molar-refractivity contribution in [1.82, 2.24) is 5.32 Å². The van der Waals surface area contributed by atoms with E-state index >= 15 is 0 Å². The van der Waals surface area contributed by atoms with Gasteiger partial charge in [-0.3, -0.25) is 9.59 Å². The van der Waals surface area contributed by atoms with Crippen LogP contribution in [0.1, 0.15) is 35.2 Å². The monoisotopic (exact) mass is 360 g/mol. The predicted octanol–water partition coefficient (Wildman–Crippen LogP) is 3.94. The zero-order valence-electron chi connectivity index (χ0n) is 13.5. The van der Waals surface area contributed by atoms with Gasteiger partial charge in [0.1, 0.15) is 5.82 Å². The molecule has 0 unspecified atom stereocenters. The number of carbonyl (C=O) groups is 2. The molecule has 0 aromatic heterocycles. The molecule has 2 amide bonds. The summed E-state index contributed by atoms with van der Waals surface area (Å²) in [6, 6.07) is 11.1. The summed E-state index contributed by atoms with van der Waals surface area (Å²) in [6.45, 7) is 0. The smallest absolute Gasteiger partial charge is 0.253 e. The molecule has 6 heteroatoms. The van der Waals surface area contributed by atoms with Gasteiger partial charge in [-0.05, 0) is 55.2 Å². The highest BCUT2D eigenvalue weighted by molar-refractivity contribution is 6.34. The van der Waals surface area contributed by atoms with Crippen LogP contribution in [0.15, 0.2) is 42.5 Å². The highest BCUT2D eigenvalue weighted by Crippen LogP contribution is 2.24. The molecule has 0 atom stereocenters. The lowest BCUT2D eigenvalue weighted by Gasteiger charge is -2.10. The molecule has 2 aromatic rings. The molecule has 25 heavy (non-hydrogen) atoms. The van der Waals surface area contributed by atoms with Crippen LogP contribution in [0.25, 0.3) is 0 Å². The van der Waals surface area contributed by atoms with Crippen LogP contribution in [0.4, 0.5) is 10.1 Å². The van der Waals surface area contributed by atoms with Crippen LogP contribution in [-0.2, 0) is 11.2 Å². The number of carbonyl (C=O) groups excluding carboxylic acids is 2. The molecule has 0 bridgehead atoms. The summed E-state index contributed by atoms with van der Waals surface area (Å²) in [5, 5.41) is 5.99. The molecular weight excluding hydrogens is 343 g/mol. The van der Waals surface area contributed by atoms with E-state index in [4.69, 9.17) is 11.6 Å². The summed E-state index contributed by atoms with van der Waals surface area (Å²) in [6.07, 6.45) is 2.75. The van der Waals surface area contributed by atoms with Crippen LogP contribution in [0.5, 0.6) is 0 Å². The number of halogens is 2. The summed E-state index contributed by atoms with van der Waals surface area (Å²) in [4.78, 5) is 24.2. The zero-order valence-corrected chi connectivity index (χ0v) is 14.3. The number of aryl methyl sites for hydroxylation is 1. The number of hydrogen-bond donors (Lipinski definition) is 2. The van der Waals surface area contributed by atoms with Gasteiger partial charge in [0.2, 0.25) is 5.91 Å². The fourth-order valence-corrected chi connectivity index (χ4v) is 2.60. The minimum atomic E-state index is -0.300. The molecule has 0 aliphatic heterocycles. The Hall–Kier alpha value is -2.40. The maximum Gasteiger partial charge on any atom is 0.253 e. The number of rotatable bonds is 6. The van der Waals surface area contributed by atoms with Crippen LogP contribution >= 0.6 is 11.6 Å². The van der Waals surface area contributed by atoms with E-state index in [1.165, 1.54) is 12.1 Å². The topological polar surface area (TPSA) is 58.2 Å². The quantitative estimate of drug-likeness (QED) is 0.819. The SMILES string of the molecule is O=C(CCc1ccc(F)cc1)Nc1ccc(Cl)c(C(=O)NC2CC2)c1. The summed E-state index contributed by atoms with van der Waals surface area (Å²) >= 11 is 6.08. The van der Waals surface area contributed by atoms with Gasteiger partial charge in [-0.15, -0.1) is 0 Å². The molecule has 1 aliphatic carbocycles. The van der Waals surface area contributed by atoms with Crippen molar-refractivity contribution in [2.75, 3.05) is 5.32 Å². The highest BCUT2D eigenvalue weighted by Gasteiger charge is 2.24. The first-order chi connectivity index (χ1) is 12.0. The van der Waals surface area contributed by atoms with E-state index < -0.39 is 0 Å². The van der Waals surface area contributed by atoms with Gasteiger partial charge in [0.15, 0.2) is 0 Å². The van der Waals surface area contributed by atoms with Crippen LogP contribution in [0.2, 0.25) is 5.02 Å². The molecule has 2 N–H and O–H groups in total. The molecule has 0 spiro atoms. The maximum absolute atomic E-state index is 12.9. The Balaban J connectivity index is 1.58. The Labute approximate surface area is 150 Å². The van der Waals surface area contributed by atoms with Gasteiger partial charge in [0.25, 0.3) is 5.91 Å². The van der Waals surface area contributed by atoms with Crippen molar-refractivity contribution in [1.29, 1.82) is 0 Å². The molecule has 130 valence electrons. The van der Waals surface area contributed by atoms with E-state index in [0.29, 0.717) is 22.7 Å². The third-order valence-electron chi connectivity index (χ3n) is 3.96. The number of amides is 2. The summed E-state index contributed by atoms with van der Waals surface area (Å²) in [7, 11) is 0. The number of nitrogens with one attached hydrogen (secondary N) is 2. The molecule has 1 fully saturated rings. The van der Waals surface area contributed by atoms with E-state index in [1.807, 2.05) is 0 Å². The normalized spacial score (nSPS) is 13.4. The van der Waals surface area contributed by atoms with Crippen molar-refractivity contribution in [3.05, 3.63) is 64.4 Å². The van der Waals surface area contributed by atoms with Gasteiger partial charge < -0.3 is 10.6 Å². The Morgan fingerprint density at radius 1 is 1.12 bits per heavy atom. The van der Waals surface area contributed by atoms with E-state index in [9.17, 15) is 14.0 Å². The van der Waals surface area contributed by atoms with E-state index in [2.05, 4.69) is 10.6 Å². The van der Waals surface area contributed by atoms with Crippen LogP contribution in [-0.4, -0.2) is 17.9 Å². The van der Waals surface area contributed by atoms with Crippen molar-refractivity contribution in [3.8, 4) is 0 Å². The fourth-order valence-electron chi connectivity index (χ4n) is 2.40. The summed E-state index contributed by atoms with van der Waals surface area (Å²) in [5.41, 5.74) is 1.76. The number of hydrogen-bond acceptors (Lipinski definition) is 2. The molecule has 1 saturated carbocycles. The lowest BCUT2D eigenvalue weighted by molar-refractivity contribution is -0.116. The van der Waals surface area contributed by atoms with Gasteiger partial charge in [-0.25, -0.2) is 4.39 Å². The van der Waals surface area contributed by atoms with Gasteiger partial charge >= 0.3 is 0 Å². The average molecular weight is 361 g/mol. The predicted molar refractivity (Wildman–Crippen MR) is 95.3 cm³/mol. The lowest BCUT2D eigenvalue weighted by Crippen LogP contribution is -2.25. The van der Waals surface area contributed by atoms with Crippen LogP contribution in [0.3, 0.4) is 0 Å². The standard InChI is InChI=1S/C19H18ClFN2O2/c20-17-9-8-15(11-16(17)19(25)23-14-6-7-14)22-18(24)10-3-12-1-4-13(21)5-2-12/h1-2,4-5,8-9,11,14H,3,6-7,10H2,(H,22,24)(H,23,25). The molecule has 0 heterocycles. The minimum Gasteiger partial charge on any atom is -0.349 e. The fraction of sp³-hybridized carbons (Fsp3) is 0.263. The zero-order chi connectivity index (χ0) is 17.8. The van der Waals surface area contributed by atoms with Crippen molar-refractivity contribution in [3.63, 3.8) is 0 Å². The molecule has 0 saturated heterocycles. The Morgan fingerprint density at radius 3 is 2.52 bits per heavy atom. The average Bonchev–Trinajstić information content (AvgIpc) is 3.40.